The number of rotatable bonds is 3. The monoisotopic (exact) mass is 337 g/mol. The molecule has 0 aliphatic heterocycles. The first-order valence-electron chi connectivity index (χ1n) is 8.35. The van der Waals surface area contributed by atoms with E-state index in [9.17, 15) is 4.79 Å². The zero-order valence-electron chi connectivity index (χ0n) is 14.0. The number of benzene rings is 3. The molecule has 1 aromatic heterocycles. The van der Waals surface area contributed by atoms with E-state index in [-0.39, 0.29) is 5.43 Å². The Hall–Kier alpha value is -3.64. The van der Waals surface area contributed by atoms with Crippen molar-refractivity contribution in [3.05, 3.63) is 106 Å². The Labute approximate surface area is 150 Å². The second-order valence-corrected chi connectivity index (χ2v) is 6.09. The van der Waals surface area contributed by atoms with Crippen molar-refractivity contribution in [1.29, 1.82) is 5.26 Å². The predicted molar refractivity (Wildman–Crippen MR) is 102 cm³/mol. The Morgan fingerprint density at radius 2 is 1.54 bits per heavy atom. The molecule has 0 saturated heterocycles. The van der Waals surface area contributed by atoms with Gasteiger partial charge in [-0.1, -0.05) is 54.6 Å². The molecule has 4 rings (SSSR count). The van der Waals surface area contributed by atoms with E-state index in [0.717, 1.165) is 11.1 Å². The molecule has 4 aromatic rings. The van der Waals surface area contributed by atoms with Gasteiger partial charge in [0, 0.05) is 17.5 Å². The molecule has 3 nitrogen and oxygen atoms in total. The minimum atomic E-state index is -0.0185. The molecule has 0 amide bonds. The maximum Gasteiger partial charge on any atom is 0.196 e. The van der Waals surface area contributed by atoms with Gasteiger partial charge >= 0.3 is 0 Å². The van der Waals surface area contributed by atoms with Gasteiger partial charge in [0.05, 0.1) is 17.0 Å². The molecule has 0 radical (unpaired) electrons. The fourth-order valence-electron chi connectivity index (χ4n) is 3.06. The van der Waals surface area contributed by atoms with E-state index >= 15 is 0 Å². The van der Waals surface area contributed by atoms with Gasteiger partial charge in [-0.2, -0.15) is 5.26 Å². The molecule has 0 aliphatic rings. The standard InChI is InChI=1S/C23H15NO2/c24-15-17-12-10-16(11-13-17)14-20-22(25)19-8-4-5-9-21(19)26-23(20)18-6-2-1-3-7-18/h1-13H,14H2. The highest BCUT2D eigenvalue weighted by Crippen LogP contribution is 2.27. The van der Waals surface area contributed by atoms with Crippen LogP contribution in [0.1, 0.15) is 16.7 Å². The predicted octanol–water partition coefficient (Wildman–Crippen LogP) is 4.92. The first-order valence-corrected chi connectivity index (χ1v) is 8.35. The molecule has 0 aliphatic carbocycles. The summed E-state index contributed by atoms with van der Waals surface area (Å²) in [5.74, 6) is 0.596. The highest BCUT2D eigenvalue weighted by molar-refractivity contribution is 5.80. The Bertz CT molecular complexity index is 1170. The van der Waals surface area contributed by atoms with Crippen molar-refractivity contribution < 1.29 is 4.42 Å². The van der Waals surface area contributed by atoms with Crippen molar-refractivity contribution in [2.24, 2.45) is 0 Å². The lowest BCUT2D eigenvalue weighted by atomic mass is 9.98. The summed E-state index contributed by atoms with van der Waals surface area (Å²) in [6.07, 6.45) is 0.448. The Morgan fingerprint density at radius 3 is 2.27 bits per heavy atom. The minimum absolute atomic E-state index is 0.0185. The van der Waals surface area contributed by atoms with Crippen LogP contribution < -0.4 is 5.43 Å². The topological polar surface area (TPSA) is 54.0 Å². The molecule has 0 atom stereocenters. The molecule has 0 N–H and O–H groups in total. The fourth-order valence-corrected chi connectivity index (χ4v) is 3.06. The van der Waals surface area contributed by atoms with Crippen LogP contribution in [-0.2, 0) is 6.42 Å². The summed E-state index contributed by atoms with van der Waals surface area (Å²) >= 11 is 0. The smallest absolute Gasteiger partial charge is 0.196 e. The number of hydrogen-bond acceptors (Lipinski definition) is 3. The summed E-state index contributed by atoms with van der Waals surface area (Å²) in [6, 6.07) is 26.4. The van der Waals surface area contributed by atoms with Gasteiger partial charge in [-0.3, -0.25) is 4.79 Å². The summed E-state index contributed by atoms with van der Waals surface area (Å²) in [7, 11) is 0. The maximum absolute atomic E-state index is 13.1. The van der Waals surface area contributed by atoms with Crippen LogP contribution in [0.3, 0.4) is 0 Å². The lowest BCUT2D eigenvalue weighted by Crippen LogP contribution is -2.11. The van der Waals surface area contributed by atoms with E-state index in [1.807, 2.05) is 60.7 Å². The van der Waals surface area contributed by atoms with Gasteiger partial charge in [-0.25, -0.2) is 0 Å². The minimum Gasteiger partial charge on any atom is -0.456 e. The molecule has 0 unspecified atom stereocenters. The van der Waals surface area contributed by atoms with E-state index in [0.29, 0.717) is 34.3 Å². The number of fused-ring (bicyclic) bond motifs is 1. The molecule has 1 heterocycles. The van der Waals surface area contributed by atoms with Crippen LogP contribution in [0.25, 0.3) is 22.3 Å². The second-order valence-electron chi connectivity index (χ2n) is 6.09. The van der Waals surface area contributed by atoms with Crippen molar-refractivity contribution in [3.8, 4) is 17.4 Å². The van der Waals surface area contributed by atoms with Crippen molar-refractivity contribution >= 4 is 11.0 Å². The van der Waals surface area contributed by atoms with Crippen molar-refractivity contribution in [2.75, 3.05) is 0 Å². The fraction of sp³-hybridized carbons (Fsp3) is 0.0435. The van der Waals surface area contributed by atoms with E-state index in [2.05, 4.69) is 6.07 Å². The third-order valence-electron chi connectivity index (χ3n) is 4.39. The molecule has 0 fully saturated rings. The maximum atomic E-state index is 13.1. The molecule has 0 spiro atoms. The molecular formula is C23H15NO2. The quantitative estimate of drug-likeness (QED) is 0.533. The van der Waals surface area contributed by atoms with Crippen molar-refractivity contribution in [2.45, 2.75) is 6.42 Å². The zero-order chi connectivity index (χ0) is 17.9. The first-order chi connectivity index (χ1) is 12.8. The molecule has 0 saturated carbocycles. The van der Waals surface area contributed by atoms with E-state index in [1.54, 1.807) is 18.2 Å². The van der Waals surface area contributed by atoms with Gasteiger partial charge in [-0.15, -0.1) is 0 Å². The Balaban J connectivity index is 1.92. The lowest BCUT2D eigenvalue weighted by Gasteiger charge is -2.10. The van der Waals surface area contributed by atoms with Crippen LogP contribution >= 0.6 is 0 Å². The third kappa shape index (κ3) is 2.89. The van der Waals surface area contributed by atoms with Crippen LogP contribution in [0.5, 0.6) is 0 Å². The Kier molecular flexibility index (Phi) is 4.09. The lowest BCUT2D eigenvalue weighted by molar-refractivity contribution is 0.611. The van der Waals surface area contributed by atoms with Gasteiger partial charge in [0.1, 0.15) is 11.3 Å². The molecule has 3 aromatic carbocycles. The van der Waals surface area contributed by atoms with Gasteiger partial charge in [0.25, 0.3) is 0 Å². The number of hydrogen-bond donors (Lipinski definition) is 0. The summed E-state index contributed by atoms with van der Waals surface area (Å²) < 4.78 is 6.12. The summed E-state index contributed by atoms with van der Waals surface area (Å²) in [6.45, 7) is 0. The average molecular weight is 337 g/mol. The number of para-hydroxylation sites is 1. The SMILES string of the molecule is N#Cc1ccc(Cc2c(-c3ccccc3)oc3ccccc3c2=O)cc1. The summed E-state index contributed by atoms with van der Waals surface area (Å²) in [4.78, 5) is 13.1. The van der Waals surface area contributed by atoms with E-state index in [4.69, 9.17) is 9.68 Å². The average Bonchev–Trinajstić information content (AvgIpc) is 2.71. The van der Waals surface area contributed by atoms with Crippen molar-refractivity contribution in [1.82, 2.24) is 0 Å². The van der Waals surface area contributed by atoms with Crippen molar-refractivity contribution in [3.63, 3.8) is 0 Å². The second kappa shape index (κ2) is 6.70. The summed E-state index contributed by atoms with van der Waals surface area (Å²) in [5.41, 5.74) is 3.62. The molecular weight excluding hydrogens is 322 g/mol. The van der Waals surface area contributed by atoms with E-state index < -0.39 is 0 Å². The van der Waals surface area contributed by atoms with Crippen LogP contribution in [0.2, 0.25) is 0 Å². The van der Waals surface area contributed by atoms with Crippen LogP contribution in [0.15, 0.2) is 88.1 Å². The largest absolute Gasteiger partial charge is 0.456 e. The third-order valence-corrected chi connectivity index (χ3v) is 4.39. The molecule has 124 valence electrons. The highest BCUT2D eigenvalue weighted by atomic mass is 16.3. The molecule has 3 heteroatoms. The highest BCUT2D eigenvalue weighted by Gasteiger charge is 2.16. The van der Waals surface area contributed by atoms with E-state index in [1.165, 1.54) is 0 Å². The normalized spacial score (nSPS) is 10.6. The van der Waals surface area contributed by atoms with Gasteiger partial charge < -0.3 is 4.42 Å². The Morgan fingerprint density at radius 1 is 0.846 bits per heavy atom. The zero-order valence-corrected chi connectivity index (χ0v) is 14.0. The van der Waals surface area contributed by atoms with Crippen LogP contribution in [0, 0.1) is 11.3 Å². The van der Waals surface area contributed by atoms with Gasteiger partial charge in [0.15, 0.2) is 5.43 Å². The van der Waals surface area contributed by atoms with Gasteiger partial charge in [0.2, 0.25) is 0 Å². The van der Waals surface area contributed by atoms with Crippen LogP contribution in [0.4, 0.5) is 0 Å². The number of nitrogens with zero attached hydrogens (tertiary/aromatic N) is 1. The van der Waals surface area contributed by atoms with Crippen LogP contribution in [-0.4, -0.2) is 0 Å². The summed E-state index contributed by atoms with van der Waals surface area (Å²) in [5, 5.41) is 9.54. The molecule has 26 heavy (non-hydrogen) atoms. The number of nitriles is 1. The molecule has 0 bridgehead atoms. The van der Waals surface area contributed by atoms with Gasteiger partial charge in [-0.05, 0) is 29.8 Å². The first kappa shape index (κ1) is 15.9.